The lowest BCUT2D eigenvalue weighted by Gasteiger charge is -2.22. The Morgan fingerprint density at radius 1 is 1.25 bits per heavy atom. The molecule has 0 unspecified atom stereocenters. The number of nitrogens with zero attached hydrogens (tertiary/aromatic N) is 1. The number of nitrogens with one attached hydrogen (secondary N) is 1. The van der Waals surface area contributed by atoms with E-state index < -0.39 is 0 Å². The summed E-state index contributed by atoms with van der Waals surface area (Å²) in [6.07, 6.45) is 2.22. The molecule has 2 rings (SSSR count). The molecule has 0 spiro atoms. The Morgan fingerprint density at radius 2 is 2.04 bits per heavy atom. The maximum atomic E-state index is 12.6. The lowest BCUT2D eigenvalue weighted by Crippen LogP contribution is -2.36. The number of aromatic nitrogens is 1. The summed E-state index contributed by atoms with van der Waals surface area (Å²) in [6, 6.07) is 5.52. The molecule has 0 atom stereocenters. The average Bonchev–Trinajstić information content (AvgIpc) is 2.96. The zero-order valence-electron chi connectivity index (χ0n) is 13.8. The summed E-state index contributed by atoms with van der Waals surface area (Å²) in [5.41, 5.74) is 1.79. The quantitative estimate of drug-likeness (QED) is 0.740. The molecule has 1 aromatic heterocycles. The van der Waals surface area contributed by atoms with Gasteiger partial charge in [-0.05, 0) is 17.7 Å². The number of benzene rings is 1. The Labute approximate surface area is 145 Å². The van der Waals surface area contributed by atoms with Gasteiger partial charge in [0.15, 0.2) is 0 Å². The number of hydrogen-bond donors (Lipinski definition) is 1. The number of amides is 1. The second-order valence-corrected chi connectivity index (χ2v) is 5.82. The highest BCUT2D eigenvalue weighted by Crippen LogP contribution is 2.22. The number of methoxy groups -OCH3 is 2. The first-order chi connectivity index (χ1) is 11.5. The summed E-state index contributed by atoms with van der Waals surface area (Å²) in [5, 5.41) is 1.61. The number of ether oxygens (including phenoxy) is 2. The molecular formula is C17H21ClN2O4. The fourth-order valence-corrected chi connectivity index (χ4v) is 2.64. The molecule has 0 bridgehead atoms. The molecule has 0 aliphatic rings. The first-order valence-electron chi connectivity index (χ1n) is 7.64. The van der Waals surface area contributed by atoms with Gasteiger partial charge in [-0.15, -0.1) is 0 Å². The fraction of sp³-hybridized carbons (Fsp3) is 0.412. The van der Waals surface area contributed by atoms with Crippen LogP contribution < -0.4 is 0 Å². The third-order valence-electron chi connectivity index (χ3n) is 3.80. The highest BCUT2D eigenvalue weighted by atomic mass is 35.5. The van der Waals surface area contributed by atoms with E-state index in [2.05, 4.69) is 9.72 Å². The zero-order chi connectivity index (χ0) is 17.5. The summed E-state index contributed by atoms with van der Waals surface area (Å²) in [5.74, 6) is -0.404. The van der Waals surface area contributed by atoms with E-state index in [4.69, 9.17) is 16.3 Å². The van der Waals surface area contributed by atoms with Gasteiger partial charge < -0.3 is 19.4 Å². The van der Waals surface area contributed by atoms with Gasteiger partial charge in [0, 0.05) is 42.3 Å². The standard InChI is InChI=1S/C17H21ClN2O4/c1-23-8-7-20(6-5-17(22)24-2)16(21)9-12-11-19-15-10-13(18)3-4-14(12)15/h3-4,10-11,19H,5-9H2,1-2H3. The van der Waals surface area contributed by atoms with Crippen molar-refractivity contribution in [3.05, 3.63) is 35.0 Å². The van der Waals surface area contributed by atoms with Crippen LogP contribution in [0.4, 0.5) is 0 Å². The topological polar surface area (TPSA) is 71.6 Å². The van der Waals surface area contributed by atoms with E-state index in [0.717, 1.165) is 16.5 Å². The summed E-state index contributed by atoms with van der Waals surface area (Å²) in [7, 11) is 2.91. The molecule has 24 heavy (non-hydrogen) atoms. The fourth-order valence-electron chi connectivity index (χ4n) is 2.47. The van der Waals surface area contributed by atoms with Crippen molar-refractivity contribution in [2.75, 3.05) is 33.9 Å². The van der Waals surface area contributed by atoms with Gasteiger partial charge in [-0.2, -0.15) is 0 Å². The maximum absolute atomic E-state index is 12.6. The Bertz CT molecular complexity index is 714. The van der Waals surface area contributed by atoms with Crippen LogP contribution in [0.15, 0.2) is 24.4 Å². The van der Waals surface area contributed by atoms with Crippen LogP contribution >= 0.6 is 11.6 Å². The van der Waals surface area contributed by atoms with Crippen molar-refractivity contribution in [3.8, 4) is 0 Å². The van der Waals surface area contributed by atoms with Gasteiger partial charge in [0.1, 0.15) is 0 Å². The summed E-state index contributed by atoms with van der Waals surface area (Å²) < 4.78 is 9.68. The molecule has 0 aliphatic heterocycles. The smallest absolute Gasteiger partial charge is 0.307 e. The van der Waals surface area contributed by atoms with E-state index in [0.29, 0.717) is 24.7 Å². The molecule has 2 aromatic rings. The lowest BCUT2D eigenvalue weighted by atomic mass is 10.1. The van der Waals surface area contributed by atoms with E-state index in [1.165, 1.54) is 7.11 Å². The van der Waals surface area contributed by atoms with Crippen molar-refractivity contribution in [2.24, 2.45) is 0 Å². The number of H-pyrrole nitrogens is 1. The van der Waals surface area contributed by atoms with Crippen LogP contribution in [0.1, 0.15) is 12.0 Å². The summed E-state index contributed by atoms with van der Waals surface area (Å²) >= 11 is 5.97. The number of esters is 1. The monoisotopic (exact) mass is 352 g/mol. The number of carbonyl (C=O) groups is 2. The normalized spacial score (nSPS) is 10.8. The predicted molar refractivity (Wildman–Crippen MR) is 92.1 cm³/mol. The first-order valence-corrected chi connectivity index (χ1v) is 8.02. The lowest BCUT2D eigenvalue weighted by molar-refractivity contribution is -0.141. The number of carbonyl (C=O) groups excluding carboxylic acids is 2. The van der Waals surface area contributed by atoms with Crippen molar-refractivity contribution in [1.82, 2.24) is 9.88 Å². The van der Waals surface area contributed by atoms with Crippen LogP contribution in [0.25, 0.3) is 10.9 Å². The third kappa shape index (κ3) is 4.72. The number of rotatable bonds is 8. The molecule has 1 heterocycles. The SMILES string of the molecule is COCCN(CCC(=O)OC)C(=O)Cc1c[nH]c2cc(Cl)ccc12. The van der Waals surface area contributed by atoms with Crippen molar-refractivity contribution in [1.29, 1.82) is 0 Å². The highest BCUT2D eigenvalue weighted by molar-refractivity contribution is 6.31. The maximum Gasteiger partial charge on any atom is 0.307 e. The molecule has 0 aliphatic carbocycles. The van der Waals surface area contributed by atoms with Gasteiger partial charge in [0.25, 0.3) is 0 Å². The number of aromatic amines is 1. The number of hydrogen-bond acceptors (Lipinski definition) is 4. The van der Waals surface area contributed by atoms with Crippen molar-refractivity contribution in [2.45, 2.75) is 12.8 Å². The van der Waals surface area contributed by atoms with Crippen molar-refractivity contribution in [3.63, 3.8) is 0 Å². The molecule has 0 radical (unpaired) electrons. The van der Waals surface area contributed by atoms with Crippen LogP contribution in [-0.2, 0) is 25.5 Å². The molecule has 7 heteroatoms. The van der Waals surface area contributed by atoms with E-state index >= 15 is 0 Å². The van der Waals surface area contributed by atoms with E-state index in [1.54, 1.807) is 18.1 Å². The molecular weight excluding hydrogens is 332 g/mol. The van der Waals surface area contributed by atoms with Crippen LogP contribution in [0.2, 0.25) is 5.02 Å². The first kappa shape index (κ1) is 18.3. The van der Waals surface area contributed by atoms with Gasteiger partial charge in [0.05, 0.1) is 26.6 Å². The van der Waals surface area contributed by atoms with Crippen molar-refractivity contribution >= 4 is 34.4 Å². The summed E-state index contributed by atoms with van der Waals surface area (Å²) in [4.78, 5) is 28.7. The minimum absolute atomic E-state index is 0.0631. The Kier molecular flexibility index (Phi) is 6.63. The molecule has 1 N–H and O–H groups in total. The molecule has 0 saturated carbocycles. The second kappa shape index (κ2) is 8.70. The molecule has 6 nitrogen and oxygen atoms in total. The van der Waals surface area contributed by atoms with Gasteiger partial charge in [-0.25, -0.2) is 0 Å². The Morgan fingerprint density at radius 3 is 2.75 bits per heavy atom. The van der Waals surface area contributed by atoms with E-state index in [-0.39, 0.29) is 24.7 Å². The molecule has 1 aromatic carbocycles. The zero-order valence-corrected chi connectivity index (χ0v) is 14.6. The molecule has 0 saturated heterocycles. The van der Waals surface area contributed by atoms with Gasteiger partial charge in [-0.1, -0.05) is 17.7 Å². The number of fused-ring (bicyclic) bond motifs is 1. The van der Waals surface area contributed by atoms with E-state index in [9.17, 15) is 9.59 Å². The minimum atomic E-state index is -0.341. The third-order valence-corrected chi connectivity index (χ3v) is 4.04. The van der Waals surface area contributed by atoms with Gasteiger partial charge in [0.2, 0.25) is 5.91 Å². The average molecular weight is 353 g/mol. The molecule has 130 valence electrons. The molecule has 0 fully saturated rings. The second-order valence-electron chi connectivity index (χ2n) is 5.38. The van der Waals surface area contributed by atoms with Crippen LogP contribution in [0, 0.1) is 0 Å². The minimum Gasteiger partial charge on any atom is -0.469 e. The van der Waals surface area contributed by atoms with Crippen LogP contribution in [-0.4, -0.2) is 55.7 Å². The highest BCUT2D eigenvalue weighted by Gasteiger charge is 2.17. The van der Waals surface area contributed by atoms with E-state index in [1.807, 2.05) is 18.3 Å². The predicted octanol–water partition coefficient (Wildman–Crippen LogP) is 2.40. The Balaban J connectivity index is 2.08. The van der Waals surface area contributed by atoms with Crippen LogP contribution in [0.3, 0.4) is 0 Å². The van der Waals surface area contributed by atoms with Gasteiger partial charge in [-0.3, -0.25) is 9.59 Å². The van der Waals surface area contributed by atoms with Crippen LogP contribution in [0.5, 0.6) is 0 Å². The summed E-state index contributed by atoms with van der Waals surface area (Å²) in [6.45, 7) is 1.15. The molecule has 1 amide bonds. The Hall–Kier alpha value is -2.05. The number of halogens is 1. The van der Waals surface area contributed by atoms with Crippen molar-refractivity contribution < 1.29 is 19.1 Å². The largest absolute Gasteiger partial charge is 0.469 e. The van der Waals surface area contributed by atoms with Gasteiger partial charge >= 0.3 is 5.97 Å².